The number of fused-ring (bicyclic) bond motifs is 1. The van der Waals surface area contributed by atoms with Crippen LogP contribution >= 0.6 is 23.4 Å². The highest BCUT2D eigenvalue weighted by atomic mass is 35.5. The second-order valence-corrected chi connectivity index (χ2v) is 7.50. The number of methoxy groups -OCH3 is 2. The van der Waals surface area contributed by atoms with Crippen molar-refractivity contribution in [2.75, 3.05) is 19.5 Å². The van der Waals surface area contributed by atoms with E-state index < -0.39 is 11.2 Å². The predicted molar refractivity (Wildman–Crippen MR) is 103 cm³/mol. The molecular formula is C19H18ClNO4S. The zero-order chi connectivity index (χ0) is 18.7. The number of halogens is 1. The van der Waals surface area contributed by atoms with E-state index in [-0.39, 0.29) is 17.6 Å². The molecule has 0 spiro atoms. The van der Waals surface area contributed by atoms with Crippen molar-refractivity contribution in [2.45, 2.75) is 16.9 Å². The Morgan fingerprint density at radius 3 is 2.69 bits per heavy atom. The summed E-state index contributed by atoms with van der Waals surface area (Å²) in [6.07, 6.45) is -0.0135. The maximum atomic E-state index is 12.6. The van der Waals surface area contributed by atoms with Gasteiger partial charge >= 0.3 is 5.97 Å². The van der Waals surface area contributed by atoms with Gasteiger partial charge < -0.3 is 14.8 Å². The standard InChI is InChI=1S/C19H18ClNO4S/c1-24-15-6-4-3-5-12(15)18-13-9-11(20)7-8-14(13)21-19(23)16(26-18)10-17(22)25-2/h3-9,16,18H,10H2,1-2H3,(H,21,23). The topological polar surface area (TPSA) is 64.6 Å². The van der Waals surface area contributed by atoms with Gasteiger partial charge in [0.05, 0.1) is 31.1 Å². The normalized spacial score (nSPS) is 19.1. The van der Waals surface area contributed by atoms with Crippen molar-refractivity contribution in [2.24, 2.45) is 0 Å². The fourth-order valence-electron chi connectivity index (χ4n) is 2.88. The van der Waals surface area contributed by atoms with Gasteiger partial charge in [-0.1, -0.05) is 29.8 Å². The Bertz CT molecular complexity index is 842. The van der Waals surface area contributed by atoms with Gasteiger partial charge in [0, 0.05) is 16.3 Å². The van der Waals surface area contributed by atoms with Crippen LogP contribution in [0, 0.1) is 0 Å². The number of carbonyl (C=O) groups excluding carboxylic acids is 2. The largest absolute Gasteiger partial charge is 0.496 e. The number of benzene rings is 2. The molecule has 2 unspecified atom stereocenters. The maximum Gasteiger partial charge on any atom is 0.307 e. The molecule has 1 heterocycles. The first-order chi connectivity index (χ1) is 12.5. The zero-order valence-electron chi connectivity index (χ0n) is 14.3. The molecule has 5 nitrogen and oxygen atoms in total. The van der Waals surface area contributed by atoms with Crippen molar-refractivity contribution in [1.29, 1.82) is 0 Å². The average molecular weight is 392 g/mol. The SMILES string of the molecule is COC(=O)CC1SC(c2ccccc2OC)c2cc(Cl)ccc2NC1=O. The lowest BCUT2D eigenvalue weighted by Gasteiger charge is -2.21. The second kappa shape index (κ2) is 8.01. The molecule has 0 aromatic heterocycles. The van der Waals surface area contributed by atoms with Gasteiger partial charge in [0.15, 0.2) is 0 Å². The quantitative estimate of drug-likeness (QED) is 0.796. The van der Waals surface area contributed by atoms with Crippen LogP contribution in [0.25, 0.3) is 0 Å². The number of ether oxygens (including phenoxy) is 2. The first kappa shape index (κ1) is 18.6. The van der Waals surface area contributed by atoms with E-state index in [0.717, 1.165) is 11.1 Å². The number of thioether (sulfide) groups is 1. The van der Waals surface area contributed by atoms with Crippen molar-refractivity contribution in [3.05, 3.63) is 58.6 Å². The Kier molecular flexibility index (Phi) is 5.74. The number of amides is 1. The number of hydrogen-bond donors (Lipinski definition) is 1. The molecule has 1 aliphatic rings. The average Bonchev–Trinajstić information content (AvgIpc) is 2.78. The van der Waals surface area contributed by atoms with E-state index in [1.54, 1.807) is 19.2 Å². The molecule has 1 amide bonds. The number of rotatable bonds is 4. The predicted octanol–water partition coefficient (Wildman–Crippen LogP) is 4.06. The lowest BCUT2D eigenvalue weighted by Crippen LogP contribution is -2.27. The van der Waals surface area contributed by atoms with Gasteiger partial charge in [0.25, 0.3) is 0 Å². The Hall–Kier alpha value is -2.18. The summed E-state index contributed by atoms with van der Waals surface area (Å²) in [6, 6.07) is 13.0. The first-order valence-corrected chi connectivity index (χ1v) is 9.31. The Morgan fingerprint density at radius 1 is 1.19 bits per heavy atom. The van der Waals surface area contributed by atoms with Gasteiger partial charge in [-0.3, -0.25) is 9.59 Å². The van der Waals surface area contributed by atoms with Crippen LogP contribution in [0.4, 0.5) is 5.69 Å². The van der Waals surface area contributed by atoms with E-state index in [9.17, 15) is 9.59 Å². The molecule has 0 radical (unpaired) electrons. The van der Waals surface area contributed by atoms with Crippen LogP contribution < -0.4 is 10.1 Å². The third-order valence-corrected chi connectivity index (χ3v) is 5.87. The van der Waals surface area contributed by atoms with Crippen molar-refractivity contribution in [3.8, 4) is 5.75 Å². The van der Waals surface area contributed by atoms with Crippen LogP contribution in [0.5, 0.6) is 5.75 Å². The molecule has 0 saturated carbocycles. The third-order valence-electron chi connectivity index (χ3n) is 4.15. The summed E-state index contributed by atoms with van der Waals surface area (Å²) in [7, 11) is 2.92. The summed E-state index contributed by atoms with van der Waals surface area (Å²) in [4.78, 5) is 24.4. The maximum absolute atomic E-state index is 12.6. The third kappa shape index (κ3) is 3.81. The van der Waals surface area contributed by atoms with Crippen LogP contribution in [0.1, 0.15) is 22.8 Å². The molecule has 1 N–H and O–H groups in total. The summed E-state index contributed by atoms with van der Waals surface area (Å²) in [5.74, 6) is 0.0453. The van der Waals surface area contributed by atoms with Gasteiger partial charge in [-0.2, -0.15) is 0 Å². The molecule has 0 aliphatic carbocycles. The lowest BCUT2D eigenvalue weighted by molar-refractivity contribution is -0.141. The molecule has 0 bridgehead atoms. The van der Waals surface area contributed by atoms with Crippen molar-refractivity contribution < 1.29 is 19.1 Å². The molecule has 0 fully saturated rings. The number of esters is 1. The number of para-hydroxylation sites is 1. The van der Waals surface area contributed by atoms with Gasteiger partial charge in [-0.25, -0.2) is 0 Å². The van der Waals surface area contributed by atoms with Crippen LogP contribution in [0.15, 0.2) is 42.5 Å². The van der Waals surface area contributed by atoms with E-state index in [1.165, 1.54) is 18.9 Å². The Labute approximate surface area is 161 Å². The molecule has 136 valence electrons. The number of nitrogens with one attached hydrogen (secondary N) is 1. The summed E-state index contributed by atoms with van der Waals surface area (Å²) in [6.45, 7) is 0. The van der Waals surface area contributed by atoms with Gasteiger partial charge in [0.1, 0.15) is 5.75 Å². The molecule has 2 aromatic carbocycles. The summed E-state index contributed by atoms with van der Waals surface area (Å²) < 4.78 is 10.3. The van der Waals surface area contributed by atoms with Crippen molar-refractivity contribution in [1.82, 2.24) is 0 Å². The van der Waals surface area contributed by atoms with Crippen LogP contribution in [-0.2, 0) is 14.3 Å². The number of anilines is 1. The van der Waals surface area contributed by atoms with Crippen LogP contribution in [-0.4, -0.2) is 31.3 Å². The lowest BCUT2D eigenvalue weighted by atomic mass is 10.0. The van der Waals surface area contributed by atoms with Gasteiger partial charge in [-0.15, -0.1) is 11.8 Å². The van der Waals surface area contributed by atoms with E-state index in [0.29, 0.717) is 16.5 Å². The molecule has 2 atom stereocenters. The molecule has 7 heteroatoms. The minimum Gasteiger partial charge on any atom is -0.496 e. The number of carbonyl (C=O) groups is 2. The van der Waals surface area contributed by atoms with E-state index in [1.807, 2.05) is 30.3 Å². The molecule has 3 rings (SSSR count). The highest BCUT2D eigenvalue weighted by Crippen LogP contribution is 2.48. The van der Waals surface area contributed by atoms with Crippen LogP contribution in [0.3, 0.4) is 0 Å². The van der Waals surface area contributed by atoms with Crippen molar-refractivity contribution >= 4 is 40.9 Å². The summed E-state index contributed by atoms with van der Waals surface area (Å²) >= 11 is 7.60. The van der Waals surface area contributed by atoms with E-state index in [2.05, 4.69) is 5.32 Å². The van der Waals surface area contributed by atoms with E-state index in [4.69, 9.17) is 21.1 Å². The summed E-state index contributed by atoms with van der Waals surface area (Å²) in [5.41, 5.74) is 2.46. The second-order valence-electron chi connectivity index (χ2n) is 5.75. The Morgan fingerprint density at radius 2 is 1.96 bits per heavy atom. The molecule has 2 aromatic rings. The molecule has 1 aliphatic heterocycles. The molecule has 0 saturated heterocycles. The molecular weight excluding hydrogens is 374 g/mol. The van der Waals surface area contributed by atoms with Crippen LogP contribution in [0.2, 0.25) is 5.02 Å². The Balaban J connectivity index is 2.10. The minimum atomic E-state index is -0.594. The molecule has 26 heavy (non-hydrogen) atoms. The fraction of sp³-hybridized carbons (Fsp3) is 0.263. The minimum absolute atomic E-state index is 0.0135. The highest BCUT2D eigenvalue weighted by Gasteiger charge is 2.34. The highest BCUT2D eigenvalue weighted by molar-refractivity contribution is 8.01. The number of hydrogen-bond acceptors (Lipinski definition) is 5. The zero-order valence-corrected chi connectivity index (χ0v) is 15.9. The van der Waals surface area contributed by atoms with Crippen molar-refractivity contribution in [3.63, 3.8) is 0 Å². The first-order valence-electron chi connectivity index (χ1n) is 7.99. The van der Waals surface area contributed by atoms with Gasteiger partial charge in [-0.05, 0) is 29.8 Å². The van der Waals surface area contributed by atoms with Gasteiger partial charge in [0.2, 0.25) is 5.91 Å². The fourth-order valence-corrected chi connectivity index (χ4v) is 4.48. The smallest absolute Gasteiger partial charge is 0.307 e. The van der Waals surface area contributed by atoms with E-state index >= 15 is 0 Å². The summed E-state index contributed by atoms with van der Waals surface area (Å²) in [5, 5.41) is 2.65. The monoisotopic (exact) mass is 391 g/mol.